The Labute approximate surface area is 146 Å². The van der Waals surface area contributed by atoms with Crippen LogP contribution in [0.25, 0.3) is 0 Å². The first-order valence-corrected chi connectivity index (χ1v) is 11.0. The Morgan fingerprint density at radius 2 is 1.42 bits per heavy atom. The molecule has 24 heavy (non-hydrogen) atoms. The molecule has 130 valence electrons. The lowest BCUT2D eigenvalue weighted by Crippen LogP contribution is -2.47. The molecule has 2 rings (SSSR count). The summed E-state index contributed by atoms with van der Waals surface area (Å²) in [4.78, 5) is 0. The van der Waals surface area contributed by atoms with Crippen molar-refractivity contribution in [2.24, 2.45) is 0 Å². The summed E-state index contributed by atoms with van der Waals surface area (Å²) in [5, 5.41) is 0.366. The van der Waals surface area contributed by atoms with Crippen LogP contribution in [-0.2, 0) is 10.3 Å². The molecular weight excluding hydrogens is 355 g/mol. The smallest absolute Gasteiger partial charge is 0.399 e. The van der Waals surface area contributed by atoms with Crippen molar-refractivity contribution in [1.29, 1.82) is 0 Å². The van der Waals surface area contributed by atoms with Crippen molar-refractivity contribution in [3.8, 4) is 0 Å². The molecule has 0 spiro atoms. The Bertz CT molecular complexity index is 626. The first kappa shape index (κ1) is 18.8. The van der Waals surface area contributed by atoms with Crippen LogP contribution in [0.2, 0.25) is 18.1 Å². The van der Waals surface area contributed by atoms with Gasteiger partial charge in [-0.1, -0.05) is 49.0 Å². The molecular formula is C17H19ClF3NOSi. The number of nitrogen functional groups attached to an aromatic ring is 1. The number of nitrogens with two attached hydrogens (primary N) is 1. The van der Waals surface area contributed by atoms with Gasteiger partial charge in [-0.3, -0.25) is 0 Å². The predicted octanol–water partition coefficient (Wildman–Crippen LogP) is 4.77. The van der Waals surface area contributed by atoms with E-state index in [9.17, 15) is 13.2 Å². The second-order valence-electron chi connectivity index (χ2n) is 6.01. The van der Waals surface area contributed by atoms with Gasteiger partial charge in [-0.15, -0.1) is 0 Å². The fourth-order valence-corrected chi connectivity index (χ4v) is 3.15. The van der Waals surface area contributed by atoms with E-state index in [0.717, 1.165) is 0 Å². The summed E-state index contributed by atoms with van der Waals surface area (Å²) < 4.78 is 48.2. The van der Waals surface area contributed by atoms with E-state index in [1.54, 1.807) is 0 Å². The van der Waals surface area contributed by atoms with Gasteiger partial charge in [0, 0.05) is 16.9 Å². The average Bonchev–Trinajstić information content (AvgIpc) is 2.49. The molecule has 1 unspecified atom stereocenters. The van der Waals surface area contributed by atoms with Crippen molar-refractivity contribution in [2.45, 2.75) is 24.9 Å². The molecule has 2 N–H and O–H groups in total. The van der Waals surface area contributed by atoms with Crippen LogP contribution < -0.4 is 5.73 Å². The Kier molecular flexibility index (Phi) is 5.62. The molecule has 2 aromatic carbocycles. The quantitative estimate of drug-likeness (QED) is 0.605. The monoisotopic (exact) mass is 373 g/mol. The van der Waals surface area contributed by atoms with E-state index >= 15 is 0 Å². The third kappa shape index (κ3) is 3.76. The topological polar surface area (TPSA) is 35.2 Å². The number of hydrogen-bond acceptors (Lipinski definition) is 2. The summed E-state index contributed by atoms with van der Waals surface area (Å²) in [6, 6.07) is 11.2. The van der Waals surface area contributed by atoms with Crippen molar-refractivity contribution in [3.63, 3.8) is 0 Å². The second-order valence-corrected chi connectivity index (χ2v) is 9.57. The number of alkyl halides is 3. The fraction of sp³-hybridized carbons (Fsp3) is 0.294. The number of ether oxygens (including phenoxy) is 1. The van der Waals surface area contributed by atoms with Crippen molar-refractivity contribution in [2.75, 3.05) is 12.0 Å². The molecule has 0 saturated heterocycles. The summed E-state index contributed by atoms with van der Waals surface area (Å²) in [6.45, 7) is 3.87. The predicted molar refractivity (Wildman–Crippen MR) is 94.0 cm³/mol. The van der Waals surface area contributed by atoms with E-state index in [2.05, 4.69) is 0 Å². The Morgan fingerprint density at radius 3 is 1.83 bits per heavy atom. The number of anilines is 1. The lowest BCUT2D eigenvalue weighted by Gasteiger charge is -2.37. The SMILES string of the molecule is C[SiH](C)COC(c1ccc(N)cc1)(c1ccc(Cl)cc1)C(F)(F)F. The van der Waals surface area contributed by atoms with E-state index in [4.69, 9.17) is 22.1 Å². The highest BCUT2D eigenvalue weighted by Gasteiger charge is 2.58. The van der Waals surface area contributed by atoms with Crippen LogP contribution in [0, 0.1) is 0 Å². The largest absolute Gasteiger partial charge is 0.425 e. The van der Waals surface area contributed by atoms with Crippen LogP contribution >= 0.6 is 11.6 Å². The van der Waals surface area contributed by atoms with E-state index in [1.165, 1.54) is 48.5 Å². The molecule has 0 radical (unpaired) electrons. The van der Waals surface area contributed by atoms with Crippen LogP contribution in [-0.4, -0.2) is 21.2 Å². The Hall–Kier alpha value is -1.50. The zero-order valence-electron chi connectivity index (χ0n) is 13.4. The van der Waals surface area contributed by atoms with Crippen molar-refractivity contribution in [1.82, 2.24) is 0 Å². The third-order valence-corrected chi connectivity index (χ3v) is 4.69. The maximum Gasteiger partial charge on any atom is 0.425 e. The van der Waals surface area contributed by atoms with Gasteiger partial charge in [0.15, 0.2) is 0 Å². The van der Waals surface area contributed by atoms with Gasteiger partial charge in [-0.2, -0.15) is 13.2 Å². The minimum atomic E-state index is -4.64. The number of rotatable bonds is 5. The Morgan fingerprint density at radius 1 is 0.958 bits per heavy atom. The van der Waals surface area contributed by atoms with Crippen LogP contribution in [0.3, 0.4) is 0 Å². The molecule has 0 amide bonds. The van der Waals surface area contributed by atoms with E-state index in [1.807, 2.05) is 13.1 Å². The minimum absolute atomic E-state index is 0.00109. The molecule has 1 atom stereocenters. The first-order chi connectivity index (χ1) is 11.2. The number of halogens is 4. The molecule has 7 heteroatoms. The summed E-state index contributed by atoms with van der Waals surface area (Å²) in [6.07, 6.45) is -4.55. The van der Waals surface area contributed by atoms with Crippen LogP contribution in [0.1, 0.15) is 11.1 Å². The van der Waals surface area contributed by atoms with Crippen molar-refractivity contribution in [3.05, 3.63) is 64.7 Å². The molecule has 0 aromatic heterocycles. The van der Waals surface area contributed by atoms with Gasteiger partial charge in [0.2, 0.25) is 5.60 Å². The van der Waals surface area contributed by atoms with Gasteiger partial charge in [0.05, 0.1) is 8.80 Å². The summed E-state index contributed by atoms with van der Waals surface area (Å²) in [7, 11) is -1.38. The molecule has 2 aromatic rings. The highest BCUT2D eigenvalue weighted by molar-refractivity contribution is 6.55. The first-order valence-electron chi connectivity index (χ1n) is 7.49. The molecule has 0 aliphatic rings. The standard InChI is InChI=1S/C17H19ClF3NOSi/c1-24(2)11-23-16(17(19,20)21,12-3-7-14(18)8-4-12)13-5-9-15(22)10-6-13/h3-10,24H,11,22H2,1-2H3. The van der Waals surface area contributed by atoms with E-state index in [-0.39, 0.29) is 17.4 Å². The maximum atomic E-state index is 14.2. The Balaban J connectivity index is 2.68. The van der Waals surface area contributed by atoms with Crippen LogP contribution in [0.15, 0.2) is 48.5 Å². The number of hydrogen-bond donors (Lipinski definition) is 1. The second kappa shape index (κ2) is 7.17. The highest BCUT2D eigenvalue weighted by atomic mass is 35.5. The lowest BCUT2D eigenvalue weighted by molar-refractivity contribution is -0.261. The summed E-state index contributed by atoms with van der Waals surface area (Å²) in [5.41, 5.74) is 3.48. The van der Waals surface area contributed by atoms with Crippen LogP contribution in [0.5, 0.6) is 0 Å². The molecule has 0 saturated carbocycles. The summed E-state index contributed by atoms with van der Waals surface area (Å²) >= 11 is 5.84. The molecule has 0 aliphatic heterocycles. The van der Waals surface area contributed by atoms with E-state index in [0.29, 0.717) is 10.7 Å². The highest BCUT2D eigenvalue weighted by Crippen LogP contribution is 2.47. The van der Waals surface area contributed by atoms with E-state index < -0.39 is 20.6 Å². The lowest BCUT2D eigenvalue weighted by atomic mass is 9.85. The molecule has 0 aliphatic carbocycles. The molecule has 0 fully saturated rings. The van der Waals surface area contributed by atoms with Gasteiger partial charge >= 0.3 is 6.18 Å². The van der Waals surface area contributed by atoms with Gasteiger partial charge in [0.25, 0.3) is 0 Å². The number of benzene rings is 2. The third-order valence-electron chi connectivity index (χ3n) is 3.60. The van der Waals surface area contributed by atoms with Gasteiger partial charge in [0.1, 0.15) is 0 Å². The average molecular weight is 374 g/mol. The van der Waals surface area contributed by atoms with Gasteiger partial charge in [-0.25, -0.2) is 0 Å². The zero-order chi connectivity index (χ0) is 18.0. The maximum absolute atomic E-state index is 14.2. The normalized spacial score (nSPS) is 14.6. The fourth-order valence-electron chi connectivity index (χ4n) is 2.44. The molecule has 0 bridgehead atoms. The van der Waals surface area contributed by atoms with Crippen molar-refractivity contribution >= 4 is 26.1 Å². The zero-order valence-corrected chi connectivity index (χ0v) is 15.3. The van der Waals surface area contributed by atoms with Crippen molar-refractivity contribution < 1.29 is 17.9 Å². The molecule has 2 nitrogen and oxygen atoms in total. The minimum Gasteiger partial charge on any atom is -0.399 e. The van der Waals surface area contributed by atoms with Gasteiger partial charge < -0.3 is 10.5 Å². The molecule has 0 heterocycles. The van der Waals surface area contributed by atoms with Gasteiger partial charge in [-0.05, 0) is 35.4 Å². The summed E-state index contributed by atoms with van der Waals surface area (Å²) in [5.74, 6) is 0. The van der Waals surface area contributed by atoms with Crippen LogP contribution in [0.4, 0.5) is 18.9 Å².